The van der Waals surface area contributed by atoms with Crippen molar-refractivity contribution in [2.24, 2.45) is 0 Å². The first-order valence-electron chi connectivity index (χ1n) is 7.63. The quantitative estimate of drug-likeness (QED) is 0.843. The van der Waals surface area contributed by atoms with Crippen molar-refractivity contribution in [1.82, 2.24) is 4.90 Å². The van der Waals surface area contributed by atoms with Crippen molar-refractivity contribution in [3.8, 4) is 5.75 Å². The average Bonchev–Trinajstić information content (AvgIpc) is 2.53. The third-order valence-corrected chi connectivity index (χ3v) is 3.33. The smallest absolute Gasteiger partial charge is 0.238 e. The summed E-state index contributed by atoms with van der Waals surface area (Å²) < 4.78 is 32.4. The van der Waals surface area contributed by atoms with Crippen molar-refractivity contribution < 1.29 is 18.3 Å². The van der Waals surface area contributed by atoms with E-state index in [1.807, 2.05) is 31.2 Å². The number of halogens is 2. The minimum Gasteiger partial charge on any atom is -0.494 e. The Morgan fingerprint density at radius 1 is 1.12 bits per heavy atom. The van der Waals surface area contributed by atoms with Gasteiger partial charge in [-0.2, -0.15) is 0 Å². The molecule has 0 spiro atoms. The van der Waals surface area contributed by atoms with E-state index in [4.69, 9.17) is 4.74 Å². The summed E-state index contributed by atoms with van der Waals surface area (Å²) in [4.78, 5) is 13.7. The van der Waals surface area contributed by atoms with E-state index in [-0.39, 0.29) is 6.54 Å². The van der Waals surface area contributed by atoms with Gasteiger partial charge in [-0.3, -0.25) is 9.69 Å². The number of hydrogen-bond donors (Lipinski definition) is 1. The second-order valence-electron chi connectivity index (χ2n) is 5.39. The molecule has 0 aromatic heterocycles. The minimum absolute atomic E-state index is 0.0149. The number of nitrogens with one attached hydrogen (secondary N) is 1. The molecule has 0 saturated heterocycles. The summed E-state index contributed by atoms with van der Waals surface area (Å²) in [6.07, 6.45) is 0. The van der Waals surface area contributed by atoms with E-state index in [1.54, 1.807) is 11.9 Å². The number of amides is 1. The van der Waals surface area contributed by atoms with Crippen LogP contribution < -0.4 is 10.1 Å². The van der Waals surface area contributed by atoms with Crippen molar-refractivity contribution in [3.63, 3.8) is 0 Å². The monoisotopic (exact) mass is 334 g/mol. The number of carbonyl (C=O) groups excluding carboxylic acids is 1. The van der Waals surface area contributed by atoms with Gasteiger partial charge in [0.05, 0.1) is 13.2 Å². The zero-order chi connectivity index (χ0) is 17.5. The lowest BCUT2D eigenvalue weighted by molar-refractivity contribution is -0.117. The van der Waals surface area contributed by atoms with Gasteiger partial charge in [-0.15, -0.1) is 0 Å². The molecule has 0 bridgehead atoms. The number of carbonyl (C=O) groups is 1. The first kappa shape index (κ1) is 17.9. The number of likely N-dealkylation sites (N-methyl/N-ethyl adjacent to an activating group) is 1. The molecule has 0 aliphatic rings. The van der Waals surface area contributed by atoms with Crippen molar-refractivity contribution in [3.05, 3.63) is 59.7 Å². The number of anilines is 1. The summed E-state index contributed by atoms with van der Waals surface area (Å²) >= 11 is 0. The Morgan fingerprint density at radius 2 is 1.75 bits per heavy atom. The fourth-order valence-corrected chi connectivity index (χ4v) is 2.27. The number of para-hydroxylation sites is 1. The SMILES string of the molecule is CCOc1ccc(CN(C)CC(=O)Nc2c(F)cccc2F)cc1. The maximum Gasteiger partial charge on any atom is 0.238 e. The molecule has 0 aliphatic carbocycles. The summed E-state index contributed by atoms with van der Waals surface area (Å²) in [7, 11) is 1.76. The molecule has 0 fully saturated rings. The standard InChI is InChI=1S/C18H20F2N2O2/c1-3-24-14-9-7-13(8-10-14)11-22(2)12-17(23)21-18-15(19)5-4-6-16(18)20/h4-10H,3,11-12H2,1-2H3,(H,21,23). The molecular weight excluding hydrogens is 314 g/mol. The molecule has 0 aliphatic heterocycles. The Kier molecular flexibility index (Phi) is 6.26. The molecule has 1 N–H and O–H groups in total. The Balaban J connectivity index is 1.89. The molecule has 0 heterocycles. The van der Waals surface area contributed by atoms with Crippen LogP contribution in [0.4, 0.5) is 14.5 Å². The highest BCUT2D eigenvalue weighted by molar-refractivity contribution is 5.92. The highest BCUT2D eigenvalue weighted by Gasteiger charge is 2.13. The minimum atomic E-state index is -0.794. The van der Waals surface area contributed by atoms with Crippen LogP contribution >= 0.6 is 0 Å². The summed E-state index contributed by atoms with van der Waals surface area (Å²) in [5.41, 5.74) is 0.586. The average molecular weight is 334 g/mol. The summed E-state index contributed by atoms with van der Waals surface area (Å²) in [5.74, 6) is -1.28. The molecule has 2 aromatic rings. The van der Waals surface area contributed by atoms with Gasteiger partial charge in [-0.1, -0.05) is 18.2 Å². The van der Waals surface area contributed by atoms with Crippen molar-refractivity contribution in [1.29, 1.82) is 0 Å². The van der Waals surface area contributed by atoms with Gasteiger partial charge >= 0.3 is 0 Å². The zero-order valence-electron chi connectivity index (χ0n) is 13.7. The maximum absolute atomic E-state index is 13.5. The Hall–Kier alpha value is -2.47. The molecule has 0 radical (unpaired) electrons. The van der Waals surface area contributed by atoms with Crippen LogP contribution in [0.3, 0.4) is 0 Å². The van der Waals surface area contributed by atoms with Crippen LogP contribution in [0, 0.1) is 11.6 Å². The number of hydrogen-bond acceptors (Lipinski definition) is 3. The first-order valence-corrected chi connectivity index (χ1v) is 7.63. The fraction of sp³-hybridized carbons (Fsp3) is 0.278. The van der Waals surface area contributed by atoms with Gasteiger partial charge in [0.15, 0.2) is 0 Å². The molecule has 128 valence electrons. The second-order valence-corrected chi connectivity index (χ2v) is 5.39. The van der Waals surface area contributed by atoms with Gasteiger partial charge in [0.1, 0.15) is 23.1 Å². The van der Waals surface area contributed by atoms with Crippen LogP contribution in [0.2, 0.25) is 0 Å². The lowest BCUT2D eigenvalue weighted by Gasteiger charge is -2.17. The van der Waals surface area contributed by atoms with Gasteiger partial charge in [0, 0.05) is 6.54 Å². The van der Waals surface area contributed by atoms with Crippen LogP contribution in [-0.4, -0.2) is 31.0 Å². The largest absolute Gasteiger partial charge is 0.494 e. The number of benzene rings is 2. The van der Waals surface area contributed by atoms with Crippen molar-refractivity contribution >= 4 is 11.6 Å². The van der Waals surface area contributed by atoms with Gasteiger partial charge < -0.3 is 10.1 Å². The zero-order valence-corrected chi connectivity index (χ0v) is 13.7. The first-order chi connectivity index (χ1) is 11.5. The lowest BCUT2D eigenvalue weighted by Crippen LogP contribution is -2.30. The summed E-state index contributed by atoms with van der Waals surface area (Å²) in [6, 6.07) is 11.0. The van der Waals surface area contributed by atoms with E-state index in [9.17, 15) is 13.6 Å². The van der Waals surface area contributed by atoms with E-state index in [2.05, 4.69) is 5.32 Å². The van der Waals surface area contributed by atoms with Crippen LogP contribution in [-0.2, 0) is 11.3 Å². The summed E-state index contributed by atoms with van der Waals surface area (Å²) in [5, 5.41) is 2.27. The van der Waals surface area contributed by atoms with Crippen LogP contribution in [0.1, 0.15) is 12.5 Å². The predicted octanol–water partition coefficient (Wildman–Crippen LogP) is 3.43. The molecule has 0 saturated carbocycles. The van der Waals surface area contributed by atoms with E-state index in [1.165, 1.54) is 6.07 Å². The molecule has 24 heavy (non-hydrogen) atoms. The molecule has 1 amide bonds. The van der Waals surface area contributed by atoms with E-state index < -0.39 is 23.2 Å². The molecule has 2 rings (SSSR count). The fourth-order valence-electron chi connectivity index (χ4n) is 2.27. The van der Waals surface area contributed by atoms with Gasteiger partial charge in [0.2, 0.25) is 5.91 Å². The molecule has 6 heteroatoms. The highest BCUT2D eigenvalue weighted by atomic mass is 19.1. The third-order valence-electron chi connectivity index (χ3n) is 3.33. The number of ether oxygens (including phenoxy) is 1. The highest BCUT2D eigenvalue weighted by Crippen LogP contribution is 2.18. The van der Waals surface area contributed by atoms with E-state index in [0.717, 1.165) is 23.4 Å². The lowest BCUT2D eigenvalue weighted by atomic mass is 10.2. The molecule has 4 nitrogen and oxygen atoms in total. The van der Waals surface area contributed by atoms with Gasteiger partial charge in [0.25, 0.3) is 0 Å². The topological polar surface area (TPSA) is 41.6 Å². The van der Waals surface area contributed by atoms with Crippen LogP contribution in [0.25, 0.3) is 0 Å². The Bertz CT molecular complexity index is 670. The predicted molar refractivity (Wildman–Crippen MR) is 88.9 cm³/mol. The van der Waals surface area contributed by atoms with E-state index >= 15 is 0 Å². The molecular formula is C18H20F2N2O2. The molecule has 2 aromatic carbocycles. The maximum atomic E-state index is 13.5. The van der Waals surface area contributed by atoms with Gasteiger partial charge in [-0.05, 0) is 43.8 Å². The number of nitrogens with zero attached hydrogens (tertiary/aromatic N) is 1. The van der Waals surface area contributed by atoms with E-state index in [0.29, 0.717) is 13.2 Å². The van der Waals surface area contributed by atoms with Crippen molar-refractivity contribution in [2.45, 2.75) is 13.5 Å². The summed E-state index contributed by atoms with van der Waals surface area (Å²) in [6.45, 7) is 3.06. The second kappa shape index (κ2) is 8.40. The van der Waals surface area contributed by atoms with Crippen LogP contribution in [0.15, 0.2) is 42.5 Å². The third kappa shape index (κ3) is 5.03. The molecule has 0 atom stereocenters. The Morgan fingerprint density at radius 3 is 2.33 bits per heavy atom. The Labute approximate surface area is 140 Å². The molecule has 0 unspecified atom stereocenters. The van der Waals surface area contributed by atoms with Crippen molar-refractivity contribution in [2.75, 3.05) is 25.5 Å². The van der Waals surface area contributed by atoms with Gasteiger partial charge in [-0.25, -0.2) is 8.78 Å². The number of rotatable bonds is 7. The van der Waals surface area contributed by atoms with Crippen LogP contribution in [0.5, 0.6) is 5.75 Å². The normalized spacial score (nSPS) is 10.7.